The minimum Gasteiger partial charge on any atom is -0.301 e. The molecule has 0 saturated heterocycles. The van der Waals surface area contributed by atoms with E-state index in [2.05, 4.69) is 47.6 Å². The summed E-state index contributed by atoms with van der Waals surface area (Å²) in [6, 6.07) is 0. The third-order valence-corrected chi connectivity index (χ3v) is 5.49. The Hall–Kier alpha value is 0.0569. The standard InChI is InChI=1S/C10H28N4Si/c1-5-9-13-15(11-7-3,12-8-4)14-10-6-2/h11-14H,5-10H2,1-4H3. The summed E-state index contributed by atoms with van der Waals surface area (Å²) in [6.45, 7) is 12.8. The van der Waals surface area contributed by atoms with Crippen molar-refractivity contribution < 1.29 is 0 Å². The minimum absolute atomic E-state index is 0.993. The summed E-state index contributed by atoms with van der Waals surface area (Å²) in [7, 11) is -1.84. The molecule has 0 aromatic carbocycles. The van der Waals surface area contributed by atoms with Crippen LogP contribution in [0.1, 0.15) is 40.5 Å². The molecule has 15 heavy (non-hydrogen) atoms. The van der Waals surface area contributed by atoms with Crippen LogP contribution in [0.4, 0.5) is 0 Å². The molecule has 0 aromatic heterocycles. The Kier molecular flexibility index (Phi) is 9.33. The van der Waals surface area contributed by atoms with Gasteiger partial charge in [-0.05, 0) is 39.0 Å². The van der Waals surface area contributed by atoms with Crippen LogP contribution in [0.5, 0.6) is 0 Å². The van der Waals surface area contributed by atoms with Crippen molar-refractivity contribution in [2.24, 2.45) is 0 Å². The van der Waals surface area contributed by atoms with E-state index in [1.165, 1.54) is 12.8 Å². The Balaban J connectivity index is 4.26. The molecule has 0 aliphatic heterocycles. The molecule has 0 unspecified atom stereocenters. The summed E-state index contributed by atoms with van der Waals surface area (Å²) in [5.74, 6) is 0. The summed E-state index contributed by atoms with van der Waals surface area (Å²) in [5, 5.41) is 0. The largest absolute Gasteiger partial charge is 0.365 e. The Morgan fingerprint density at radius 1 is 0.667 bits per heavy atom. The fraction of sp³-hybridized carbons (Fsp3) is 1.00. The van der Waals surface area contributed by atoms with Crippen molar-refractivity contribution in [1.29, 1.82) is 0 Å². The number of hydrogen-bond donors (Lipinski definition) is 4. The molecule has 0 bridgehead atoms. The Morgan fingerprint density at radius 2 is 1.07 bits per heavy atom. The van der Waals surface area contributed by atoms with Gasteiger partial charge >= 0.3 is 8.72 Å². The zero-order chi connectivity index (χ0) is 11.6. The van der Waals surface area contributed by atoms with E-state index in [4.69, 9.17) is 0 Å². The maximum Gasteiger partial charge on any atom is 0.365 e. The van der Waals surface area contributed by atoms with E-state index in [0.29, 0.717) is 0 Å². The second-order valence-electron chi connectivity index (χ2n) is 3.66. The predicted octanol–water partition coefficient (Wildman–Crippen LogP) is 0.640. The van der Waals surface area contributed by atoms with Gasteiger partial charge in [0.2, 0.25) is 0 Å². The Morgan fingerprint density at radius 3 is 1.33 bits per heavy atom. The molecule has 0 aliphatic rings. The minimum atomic E-state index is -1.84. The average Bonchev–Trinajstić information content (AvgIpc) is 2.24. The first kappa shape index (κ1) is 15.1. The monoisotopic (exact) mass is 232 g/mol. The second kappa shape index (κ2) is 9.29. The normalized spacial score (nSPS) is 12.0. The third-order valence-electron chi connectivity index (χ3n) is 2.16. The zero-order valence-electron chi connectivity index (χ0n) is 10.7. The van der Waals surface area contributed by atoms with Crippen LogP contribution in [-0.2, 0) is 0 Å². The van der Waals surface area contributed by atoms with Gasteiger partial charge in [0.25, 0.3) is 0 Å². The topological polar surface area (TPSA) is 48.1 Å². The van der Waals surface area contributed by atoms with Crippen LogP contribution in [0.15, 0.2) is 0 Å². The molecule has 0 aromatic rings. The molecule has 0 rings (SSSR count). The second-order valence-corrected chi connectivity index (χ2v) is 6.58. The van der Waals surface area contributed by atoms with E-state index in [1.807, 2.05) is 0 Å². The predicted molar refractivity (Wildman–Crippen MR) is 69.7 cm³/mol. The van der Waals surface area contributed by atoms with E-state index >= 15 is 0 Å². The molecule has 92 valence electrons. The van der Waals surface area contributed by atoms with Gasteiger partial charge in [-0.25, -0.2) is 0 Å². The van der Waals surface area contributed by atoms with Crippen LogP contribution in [0, 0.1) is 0 Å². The van der Waals surface area contributed by atoms with E-state index in [1.54, 1.807) is 0 Å². The third kappa shape index (κ3) is 6.27. The average molecular weight is 232 g/mol. The van der Waals surface area contributed by atoms with E-state index < -0.39 is 8.72 Å². The maximum absolute atomic E-state index is 3.63. The highest BCUT2D eigenvalue weighted by atomic mass is 28.4. The van der Waals surface area contributed by atoms with E-state index in [-0.39, 0.29) is 0 Å². The molecular formula is C10H28N4Si. The molecule has 0 heterocycles. The first-order valence-electron chi connectivity index (χ1n) is 6.24. The molecule has 0 atom stereocenters. The summed E-state index contributed by atoms with van der Waals surface area (Å²) in [4.78, 5) is 14.4. The lowest BCUT2D eigenvalue weighted by atomic mass is 10.5. The number of hydrogen-bond acceptors (Lipinski definition) is 4. The highest BCUT2D eigenvalue weighted by molar-refractivity contribution is 6.70. The van der Waals surface area contributed by atoms with Gasteiger partial charge in [-0.15, -0.1) is 0 Å². The summed E-state index contributed by atoms with van der Waals surface area (Å²) in [6.07, 6.45) is 2.33. The molecule has 0 fully saturated rings. The van der Waals surface area contributed by atoms with Crippen LogP contribution in [0.2, 0.25) is 0 Å². The summed E-state index contributed by atoms with van der Waals surface area (Å²) >= 11 is 0. The van der Waals surface area contributed by atoms with Crippen molar-refractivity contribution in [2.45, 2.75) is 40.5 Å². The van der Waals surface area contributed by atoms with Crippen molar-refractivity contribution >= 4 is 8.72 Å². The lowest BCUT2D eigenvalue weighted by molar-refractivity contribution is 0.673. The molecular weight excluding hydrogens is 204 g/mol. The fourth-order valence-electron chi connectivity index (χ4n) is 1.53. The van der Waals surface area contributed by atoms with Crippen LogP contribution < -0.4 is 19.9 Å². The molecule has 4 nitrogen and oxygen atoms in total. The van der Waals surface area contributed by atoms with Crippen molar-refractivity contribution in [2.75, 3.05) is 26.2 Å². The molecule has 4 N–H and O–H groups in total. The smallest absolute Gasteiger partial charge is 0.301 e. The van der Waals surface area contributed by atoms with Crippen molar-refractivity contribution in [1.82, 2.24) is 19.9 Å². The van der Waals surface area contributed by atoms with Crippen molar-refractivity contribution in [3.8, 4) is 0 Å². The maximum atomic E-state index is 3.63. The van der Waals surface area contributed by atoms with Crippen LogP contribution in [0.3, 0.4) is 0 Å². The van der Waals surface area contributed by atoms with Gasteiger partial charge in [-0.2, -0.15) is 0 Å². The Labute approximate surface area is 95.9 Å². The van der Waals surface area contributed by atoms with E-state index in [9.17, 15) is 0 Å². The Bertz CT molecular complexity index is 127. The number of nitrogens with one attached hydrogen (secondary N) is 4. The lowest BCUT2D eigenvalue weighted by Gasteiger charge is -2.33. The molecule has 5 heteroatoms. The lowest BCUT2D eigenvalue weighted by Crippen LogP contribution is -2.80. The van der Waals surface area contributed by atoms with Crippen LogP contribution in [-0.4, -0.2) is 34.9 Å². The van der Waals surface area contributed by atoms with Gasteiger partial charge < -0.3 is 19.9 Å². The van der Waals surface area contributed by atoms with Gasteiger partial charge in [0.1, 0.15) is 0 Å². The molecule has 0 radical (unpaired) electrons. The fourth-order valence-corrected chi connectivity index (χ4v) is 4.59. The SMILES string of the molecule is CCCN[Si](NCC)(NCC)NCCC. The molecule has 0 amide bonds. The first-order chi connectivity index (χ1) is 7.24. The quantitative estimate of drug-likeness (QED) is 0.418. The molecule has 0 saturated carbocycles. The van der Waals surface area contributed by atoms with Gasteiger partial charge in [0.05, 0.1) is 0 Å². The highest BCUT2D eigenvalue weighted by Crippen LogP contribution is 1.86. The van der Waals surface area contributed by atoms with Crippen molar-refractivity contribution in [3.63, 3.8) is 0 Å². The zero-order valence-corrected chi connectivity index (χ0v) is 11.7. The van der Waals surface area contributed by atoms with Crippen LogP contribution >= 0.6 is 0 Å². The van der Waals surface area contributed by atoms with Gasteiger partial charge in [-0.1, -0.05) is 27.7 Å². The molecule has 0 aliphatic carbocycles. The van der Waals surface area contributed by atoms with Crippen molar-refractivity contribution in [3.05, 3.63) is 0 Å². The first-order valence-corrected chi connectivity index (χ1v) is 8.24. The summed E-state index contributed by atoms with van der Waals surface area (Å²) < 4.78 is 0. The summed E-state index contributed by atoms with van der Waals surface area (Å²) in [5.41, 5.74) is 0. The highest BCUT2D eigenvalue weighted by Gasteiger charge is 2.31. The van der Waals surface area contributed by atoms with Gasteiger partial charge in [0, 0.05) is 0 Å². The number of rotatable bonds is 10. The van der Waals surface area contributed by atoms with Crippen LogP contribution in [0.25, 0.3) is 0 Å². The van der Waals surface area contributed by atoms with Gasteiger partial charge in [0.15, 0.2) is 0 Å². The van der Waals surface area contributed by atoms with Gasteiger partial charge in [-0.3, -0.25) is 0 Å². The molecule has 0 spiro atoms. The van der Waals surface area contributed by atoms with E-state index in [0.717, 1.165) is 26.2 Å².